The number of aromatic amines is 1. The molecule has 3 aromatic carbocycles. The van der Waals surface area contributed by atoms with E-state index in [-0.39, 0.29) is 16.1 Å². The van der Waals surface area contributed by atoms with E-state index in [0.29, 0.717) is 33.1 Å². The van der Waals surface area contributed by atoms with Gasteiger partial charge in [0.15, 0.2) is 0 Å². The van der Waals surface area contributed by atoms with E-state index in [2.05, 4.69) is 20.7 Å². The lowest BCUT2D eigenvalue weighted by atomic mass is 10.1. The van der Waals surface area contributed by atoms with Crippen LogP contribution in [0.1, 0.15) is 15.9 Å². The minimum absolute atomic E-state index is 0.0404. The number of hydrogen-bond donors (Lipinski definition) is 3. The van der Waals surface area contributed by atoms with E-state index >= 15 is 0 Å². The number of hydrogen-bond acceptors (Lipinski definition) is 6. The minimum atomic E-state index is -4.12. The number of rotatable bonds is 6. The standard InChI is InChI=1S/C25H18ClN5O5S/c26-18-5-3-4-17(12-18)22-24-23(30-29-22)19-6-1-2-7-20(19)37(35,36)31(24)14-21(32)28-27-13-15-8-10-16(11-9-15)25(33)34/h1-13H,14H2,(H,28,32)(H,29,30)(H,33,34)/b27-13+. The van der Waals surface area contributed by atoms with Crippen molar-refractivity contribution in [1.29, 1.82) is 0 Å². The summed E-state index contributed by atoms with van der Waals surface area (Å²) < 4.78 is 28.2. The molecule has 0 saturated heterocycles. The predicted molar refractivity (Wildman–Crippen MR) is 138 cm³/mol. The molecule has 0 spiro atoms. The Morgan fingerprint density at radius 2 is 1.84 bits per heavy atom. The molecule has 0 atom stereocenters. The van der Waals surface area contributed by atoms with E-state index in [0.717, 1.165) is 4.31 Å². The molecule has 1 amide bonds. The summed E-state index contributed by atoms with van der Waals surface area (Å²) in [6.07, 6.45) is 1.32. The first kappa shape index (κ1) is 24.2. The lowest BCUT2D eigenvalue weighted by molar-refractivity contribution is -0.119. The zero-order valence-electron chi connectivity index (χ0n) is 18.9. The van der Waals surface area contributed by atoms with E-state index in [1.54, 1.807) is 42.5 Å². The van der Waals surface area contributed by atoms with Crippen LogP contribution in [0.25, 0.3) is 22.5 Å². The average Bonchev–Trinajstić information content (AvgIpc) is 3.32. The van der Waals surface area contributed by atoms with Gasteiger partial charge in [-0.15, -0.1) is 0 Å². The van der Waals surface area contributed by atoms with Gasteiger partial charge in [0, 0.05) is 16.1 Å². The number of aromatic carboxylic acids is 1. The summed E-state index contributed by atoms with van der Waals surface area (Å²) >= 11 is 6.16. The van der Waals surface area contributed by atoms with Crippen LogP contribution < -0.4 is 9.73 Å². The number of carboxylic acids is 1. The van der Waals surface area contributed by atoms with Gasteiger partial charge >= 0.3 is 5.97 Å². The normalized spacial score (nSPS) is 13.7. The Balaban J connectivity index is 1.47. The van der Waals surface area contributed by atoms with Gasteiger partial charge in [0.1, 0.15) is 17.9 Å². The highest BCUT2D eigenvalue weighted by Gasteiger charge is 2.39. The molecule has 37 heavy (non-hydrogen) atoms. The second kappa shape index (κ2) is 9.52. The molecule has 12 heteroatoms. The molecule has 0 radical (unpaired) electrons. The summed E-state index contributed by atoms with van der Waals surface area (Å²) in [7, 11) is -4.12. The maximum absolute atomic E-state index is 13.6. The van der Waals surface area contributed by atoms with Gasteiger partial charge in [0.05, 0.1) is 22.4 Å². The number of carbonyl (C=O) groups excluding carboxylic acids is 1. The summed E-state index contributed by atoms with van der Waals surface area (Å²) in [6, 6.07) is 19.1. The van der Waals surface area contributed by atoms with Crippen LogP contribution >= 0.6 is 11.6 Å². The van der Waals surface area contributed by atoms with Gasteiger partial charge in [-0.3, -0.25) is 14.2 Å². The van der Waals surface area contributed by atoms with Crippen molar-refractivity contribution in [3.63, 3.8) is 0 Å². The van der Waals surface area contributed by atoms with Gasteiger partial charge in [-0.05, 0) is 35.9 Å². The van der Waals surface area contributed by atoms with Crippen LogP contribution in [0.2, 0.25) is 5.02 Å². The largest absolute Gasteiger partial charge is 0.478 e. The molecular formula is C25H18ClN5O5S. The van der Waals surface area contributed by atoms with E-state index in [1.807, 2.05) is 0 Å². The van der Waals surface area contributed by atoms with E-state index in [9.17, 15) is 18.0 Å². The lowest BCUT2D eigenvalue weighted by Crippen LogP contribution is -2.41. The Bertz CT molecular complexity index is 1660. The van der Waals surface area contributed by atoms with Crippen molar-refractivity contribution in [2.45, 2.75) is 4.90 Å². The number of sulfonamides is 1. The van der Waals surface area contributed by atoms with Crippen LogP contribution in [0, 0.1) is 0 Å². The van der Waals surface area contributed by atoms with Gasteiger partial charge in [-0.1, -0.05) is 54.1 Å². The molecule has 1 aliphatic rings. The molecule has 2 heterocycles. The number of anilines is 1. The third kappa shape index (κ3) is 4.57. The van der Waals surface area contributed by atoms with Crippen LogP contribution in [0.3, 0.4) is 0 Å². The number of nitrogens with one attached hydrogen (secondary N) is 2. The highest BCUT2D eigenvalue weighted by Crippen LogP contribution is 2.46. The molecule has 186 valence electrons. The van der Waals surface area contributed by atoms with Gasteiger partial charge < -0.3 is 5.11 Å². The molecule has 1 aliphatic heterocycles. The molecule has 10 nitrogen and oxygen atoms in total. The number of nitrogens with zero attached hydrogens (tertiary/aromatic N) is 3. The summed E-state index contributed by atoms with van der Waals surface area (Å²) in [5.74, 6) is -1.75. The fourth-order valence-electron chi connectivity index (χ4n) is 3.96. The highest BCUT2D eigenvalue weighted by atomic mass is 35.5. The zero-order chi connectivity index (χ0) is 26.2. The summed E-state index contributed by atoms with van der Waals surface area (Å²) in [5, 5.41) is 20.6. The van der Waals surface area contributed by atoms with Crippen molar-refractivity contribution >= 4 is 45.4 Å². The van der Waals surface area contributed by atoms with Gasteiger partial charge in [0.2, 0.25) is 0 Å². The number of carboxylic acid groups (broad SMARTS) is 1. The molecule has 0 bridgehead atoms. The first-order valence-corrected chi connectivity index (χ1v) is 12.7. The van der Waals surface area contributed by atoms with Crippen LogP contribution in [0.4, 0.5) is 5.69 Å². The number of benzene rings is 3. The van der Waals surface area contributed by atoms with Crippen molar-refractivity contribution in [2.24, 2.45) is 5.10 Å². The molecular weight excluding hydrogens is 518 g/mol. The predicted octanol–water partition coefficient (Wildman–Crippen LogP) is 3.75. The second-order valence-corrected chi connectivity index (χ2v) is 10.3. The maximum Gasteiger partial charge on any atom is 0.335 e. The summed E-state index contributed by atoms with van der Waals surface area (Å²) in [5.41, 5.74) is 5.01. The van der Waals surface area contributed by atoms with Crippen LogP contribution in [0.5, 0.6) is 0 Å². The Morgan fingerprint density at radius 1 is 1.08 bits per heavy atom. The van der Waals surface area contributed by atoms with Crippen LogP contribution in [-0.2, 0) is 14.8 Å². The number of carbonyl (C=O) groups is 2. The monoisotopic (exact) mass is 535 g/mol. The summed E-state index contributed by atoms with van der Waals surface area (Å²) in [4.78, 5) is 23.8. The molecule has 4 aromatic rings. The SMILES string of the molecule is O=C(CN1c2c(-c3cccc(Cl)c3)n[nH]c2-c2ccccc2S1(=O)=O)N/N=C/c1ccc(C(=O)O)cc1. The molecule has 0 aliphatic carbocycles. The second-order valence-electron chi connectivity index (χ2n) is 8.03. The Morgan fingerprint density at radius 3 is 2.57 bits per heavy atom. The first-order valence-electron chi connectivity index (χ1n) is 10.9. The quantitative estimate of drug-likeness (QED) is 0.253. The Labute approximate surface area is 216 Å². The third-order valence-corrected chi connectivity index (χ3v) is 7.70. The topological polar surface area (TPSA) is 145 Å². The zero-order valence-corrected chi connectivity index (χ0v) is 20.5. The molecule has 1 aromatic heterocycles. The average molecular weight is 536 g/mol. The highest BCUT2D eigenvalue weighted by molar-refractivity contribution is 7.93. The lowest BCUT2D eigenvalue weighted by Gasteiger charge is -2.29. The number of hydrazone groups is 1. The number of amides is 1. The van der Waals surface area contributed by atoms with Crippen molar-refractivity contribution in [2.75, 3.05) is 10.8 Å². The molecule has 0 fully saturated rings. The number of H-pyrrole nitrogens is 1. The fraction of sp³-hybridized carbons (Fsp3) is 0.0400. The van der Waals surface area contributed by atoms with Gasteiger partial charge in [0.25, 0.3) is 15.9 Å². The van der Waals surface area contributed by atoms with E-state index in [1.165, 1.54) is 36.5 Å². The smallest absolute Gasteiger partial charge is 0.335 e. The Hall–Kier alpha value is -4.48. The summed E-state index contributed by atoms with van der Waals surface area (Å²) in [6.45, 7) is -0.563. The first-order chi connectivity index (χ1) is 17.8. The fourth-order valence-corrected chi connectivity index (χ4v) is 5.79. The number of fused-ring (bicyclic) bond motifs is 3. The minimum Gasteiger partial charge on any atom is -0.478 e. The molecule has 0 saturated carbocycles. The third-order valence-electron chi connectivity index (χ3n) is 5.66. The van der Waals surface area contributed by atoms with Gasteiger partial charge in [-0.25, -0.2) is 18.6 Å². The molecule has 3 N–H and O–H groups in total. The van der Waals surface area contributed by atoms with Crippen molar-refractivity contribution in [3.05, 3.63) is 88.9 Å². The number of aromatic nitrogens is 2. The van der Waals surface area contributed by atoms with Crippen LogP contribution in [0.15, 0.2) is 82.8 Å². The van der Waals surface area contributed by atoms with Crippen molar-refractivity contribution < 1.29 is 23.1 Å². The maximum atomic E-state index is 13.6. The van der Waals surface area contributed by atoms with Crippen molar-refractivity contribution in [3.8, 4) is 22.5 Å². The molecule has 0 unspecified atom stereocenters. The number of halogens is 1. The van der Waals surface area contributed by atoms with Crippen molar-refractivity contribution in [1.82, 2.24) is 15.6 Å². The van der Waals surface area contributed by atoms with E-state index < -0.39 is 28.4 Å². The molecule has 5 rings (SSSR count). The Kier molecular flexibility index (Phi) is 6.24. The van der Waals surface area contributed by atoms with Crippen LogP contribution in [-0.4, -0.2) is 48.4 Å². The van der Waals surface area contributed by atoms with E-state index in [4.69, 9.17) is 16.7 Å². The van der Waals surface area contributed by atoms with Gasteiger partial charge in [-0.2, -0.15) is 10.2 Å².